The molecule has 4 N–H and O–H groups in total. The van der Waals surface area contributed by atoms with E-state index in [9.17, 15) is 29.7 Å². The molecule has 0 saturated heterocycles. The van der Waals surface area contributed by atoms with Gasteiger partial charge in [-0.05, 0) is 17.4 Å². The highest BCUT2D eigenvalue weighted by Crippen LogP contribution is 2.18. The first-order valence-electron chi connectivity index (χ1n) is 12.1. The van der Waals surface area contributed by atoms with Crippen molar-refractivity contribution in [1.29, 1.82) is 0 Å². The van der Waals surface area contributed by atoms with E-state index in [1.54, 1.807) is 6.08 Å². The Hall–Kier alpha value is -2.59. The zero-order valence-electron chi connectivity index (χ0n) is 21.8. The van der Waals surface area contributed by atoms with Crippen molar-refractivity contribution in [2.45, 2.75) is 71.4 Å². The summed E-state index contributed by atoms with van der Waals surface area (Å²) in [5.41, 5.74) is 0.787. The van der Waals surface area contributed by atoms with Gasteiger partial charge < -0.3 is 30.1 Å². The Balaban J connectivity index is 2.43. The van der Waals surface area contributed by atoms with Gasteiger partial charge in [-0.25, -0.2) is 0 Å². The van der Waals surface area contributed by atoms with Gasteiger partial charge in [0.05, 0.1) is 6.54 Å². The lowest BCUT2D eigenvalue weighted by molar-refractivity contribution is -0.149. The number of carbonyl (C=O) groups is 3. The SMILES string of the molecule is CO[C@@H](C(=O)C[C@@H](C)C(=O)NCCOC(=O)CCc1ccccc1)[C@H](O)[C@@H](O)[C@H](O)/C=C/C(C)(C)C. The number of amides is 1. The molecule has 1 aromatic rings. The number of hydrogen-bond acceptors (Lipinski definition) is 8. The van der Waals surface area contributed by atoms with Gasteiger partial charge in [-0.15, -0.1) is 0 Å². The van der Waals surface area contributed by atoms with Crippen LogP contribution in [0.25, 0.3) is 0 Å². The average Bonchev–Trinajstić information content (AvgIpc) is 2.83. The van der Waals surface area contributed by atoms with Gasteiger partial charge in [0.1, 0.15) is 31.0 Å². The number of hydrogen-bond donors (Lipinski definition) is 4. The molecule has 0 unspecified atom stereocenters. The highest BCUT2D eigenvalue weighted by atomic mass is 16.5. The zero-order valence-corrected chi connectivity index (χ0v) is 21.8. The second-order valence-corrected chi connectivity index (χ2v) is 9.92. The number of benzene rings is 1. The predicted octanol–water partition coefficient (Wildman–Crippen LogP) is 1.57. The van der Waals surface area contributed by atoms with Crippen molar-refractivity contribution in [3.8, 4) is 0 Å². The number of rotatable bonds is 15. The van der Waals surface area contributed by atoms with Crippen molar-refractivity contribution in [2.24, 2.45) is 11.3 Å². The number of allylic oxidation sites excluding steroid dienone is 1. The van der Waals surface area contributed by atoms with Gasteiger partial charge in [-0.2, -0.15) is 0 Å². The van der Waals surface area contributed by atoms with E-state index in [-0.39, 0.29) is 37.4 Å². The molecule has 202 valence electrons. The van der Waals surface area contributed by atoms with Gasteiger partial charge in [0.15, 0.2) is 5.78 Å². The van der Waals surface area contributed by atoms with Crippen LogP contribution >= 0.6 is 0 Å². The predicted molar refractivity (Wildman–Crippen MR) is 135 cm³/mol. The van der Waals surface area contributed by atoms with Gasteiger partial charge in [0.25, 0.3) is 0 Å². The first kappa shape index (κ1) is 31.4. The second-order valence-electron chi connectivity index (χ2n) is 9.92. The Kier molecular flexibility index (Phi) is 13.5. The van der Waals surface area contributed by atoms with E-state index in [4.69, 9.17) is 9.47 Å². The molecule has 0 aliphatic carbocycles. The zero-order chi connectivity index (χ0) is 27.3. The van der Waals surface area contributed by atoms with Gasteiger partial charge in [0.2, 0.25) is 5.91 Å². The standard InChI is InChI=1S/C27H41NO8/c1-18(26(34)28-15-16-36-22(31)12-11-19-9-7-6-8-10-19)17-21(30)25(35-5)24(33)23(32)20(29)13-14-27(2,3)4/h6-10,13-14,18,20,23-25,29,32-33H,11-12,15-17H2,1-5H3,(H,28,34)/b14-13+/t18-,20-,23+,24-,25+/m1/s1. The molecule has 5 atom stereocenters. The summed E-state index contributed by atoms with van der Waals surface area (Å²) in [6.07, 6.45) is -2.57. The number of aryl methyl sites for hydroxylation is 1. The maximum absolute atomic E-state index is 12.6. The molecule has 1 rings (SSSR count). The highest BCUT2D eigenvalue weighted by Gasteiger charge is 2.36. The fourth-order valence-corrected chi connectivity index (χ4v) is 3.33. The van der Waals surface area contributed by atoms with E-state index in [0.717, 1.165) is 5.56 Å². The van der Waals surface area contributed by atoms with Gasteiger partial charge in [-0.3, -0.25) is 14.4 Å². The van der Waals surface area contributed by atoms with E-state index in [0.29, 0.717) is 6.42 Å². The molecule has 0 aliphatic rings. The molecule has 0 heterocycles. The van der Waals surface area contributed by atoms with E-state index < -0.39 is 42.0 Å². The number of Topliss-reactive ketones (excluding diaryl/α,β-unsaturated/α-hetero) is 1. The van der Waals surface area contributed by atoms with Crippen molar-refractivity contribution >= 4 is 17.7 Å². The smallest absolute Gasteiger partial charge is 0.306 e. The van der Waals surface area contributed by atoms with Crippen LogP contribution in [0.4, 0.5) is 0 Å². The normalized spacial score (nSPS) is 16.1. The molecule has 36 heavy (non-hydrogen) atoms. The maximum atomic E-state index is 12.6. The lowest BCUT2D eigenvalue weighted by Gasteiger charge is -2.27. The summed E-state index contributed by atoms with van der Waals surface area (Å²) in [6.45, 7) is 7.35. The average molecular weight is 508 g/mol. The van der Waals surface area contributed by atoms with Crippen LogP contribution in [0.15, 0.2) is 42.5 Å². The van der Waals surface area contributed by atoms with E-state index in [2.05, 4.69) is 5.32 Å². The molecule has 9 nitrogen and oxygen atoms in total. The largest absolute Gasteiger partial charge is 0.464 e. The third-order valence-electron chi connectivity index (χ3n) is 5.45. The molecular weight excluding hydrogens is 466 g/mol. The third-order valence-corrected chi connectivity index (χ3v) is 5.45. The summed E-state index contributed by atoms with van der Waals surface area (Å²) in [6, 6.07) is 9.55. The monoisotopic (exact) mass is 507 g/mol. The van der Waals surface area contributed by atoms with Gasteiger partial charge in [0, 0.05) is 25.9 Å². The summed E-state index contributed by atoms with van der Waals surface area (Å²) < 4.78 is 10.2. The number of ether oxygens (including phenoxy) is 2. The number of carbonyl (C=O) groups excluding carboxylic acids is 3. The number of nitrogens with one attached hydrogen (secondary N) is 1. The van der Waals surface area contributed by atoms with Crippen LogP contribution in [0.2, 0.25) is 0 Å². The first-order valence-corrected chi connectivity index (χ1v) is 12.1. The minimum Gasteiger partial charge on any atom is -0.464 e. The fourth-order valence-electron chi connectivity index (χ4n) is 3.33. The molecule has 0 bridgehead atoms. The Morgan fingerprint density at radius 2 is 1.69 bits per heavy atom. The molecule has 0 radical (unpaired) electrons. The van der Waals surface area contributed by atoms with Crippen molar-refractivity contribution in [3.05, 3.63) is 48.0 Å². The molecule has 1 aromatic carbocycles. The summed E-state index contributed by atoms with van der Waals surface area (Å²) in [4.78, 5) is 36.8. The maximum Gasteiger partial charge on any atom is 0.306 e. The summed E-state index contributed by atoms with van der Waals surface area (Å²) in [5.74, 6) is -2.14. The Labute approximate surface area is 213 Å². The van der Waals surface area contributed by atoms with Crippen LogP contribution in [-0.2, 0) is 30.3 Å². The number of aliphatic hydroxyl groups is 3. The van der Waals surface area contributed by atoms with Crippen molar-refractivity contribution in [3.63, 3.8) is 0 Å². The van der Waals surface area contributed by atoms with Crippen LogP contribution in [-0.4, -0.2) is 77.7 Å². The van der Waals surface area contributed by atoms with E-state index in [1.807, 2.05) is 51.1 Å². The second kappa shape index (κ2) is 15.5. The Morgan fingerprint density at radius 3 is 2.28 bits per heavy atom. The minimum atomic E-state index is -1.69. The van der Waals surface area contributed by atoms with E-state index in [1.165, 1.54) is 20.1 Å². The Morgan fingerprint density at radius 1 is 1.06 bits per heavy atom. The van der Waals surface area contributed by atoms with Crippen LogP contribution < -0.4 is 5.32 Å². The molecule has 0 aromatic heterocycles. The molecule has 0 aliphatic heterocycles. The molecular formula is C27H41NO8. The minimum absolute atomic E-state index is 0.00556. The number of ketones is 1. The molecule has 0 fully saturated rings. The molecule has 0 spiro atoms. The van der Waals surface area contributed by atoms with Crippen LogP contribution in [0, 0.1) is 11.3 Å². The molecule has 1 amide bonds. The quantitative estimate of drug-likeness (QED) is 0.159. The van der Waals surface area contributed by atoms with Gasteiger partial charge in [-0.1, -0.05) is 70.2 Å². The van der Waals surface area contributed by atoms with Gasteiger partial charge >= 0.3 is 5.97 Å². The van der Waals surface area contributed by atoms with Crippen molar-refractivity contribution < 1.29 is 39.2 Å². The van der Waals surface area contributed by atoms with E-state index >= 15 is 0 Å². The Bertz CT molecular complexity index is 849. The number of esters is 1. The molecule has 9 heteroatoms. The number of methoxy groups -OCH3 is 1. The highest BCUT2D eigenvalue weighted by molar-refractivity contribution is 5.89. The lowest BCUT2D eigenvalue weighted by atomic mass is 9.92. The summed E-state index contributed by atoms with van der Waals surface area (Å²) >= 11 is 0. The third kappa shape index (κ3) is 11.9. The summed E-state index contributed by atoms with van der Waals surface area (Å²) in [7, 11) is 1.20. The topological polar surface area (TPSA) is 142 Å². The fraction of sp³-hybridized carbons (Fsp3) is 0.593. The summed E-state index contributed by atoms with van der Waals surface area (Å²) in [5, 5.41) is 33.4. The molecule has 0 saturated carbocycles. The van der Waals surface area contributed by atoms with Crippen LogP contribution in [0.5, 0.6) is 0 Å². The number of aliphatic hydroxyl groups excluding tert-OH is 3. The van der Waals surface area contributed by atoms with Crippen molar-refractivity contribution in [1.82, 2.24) is 5.32 Å². The van der Waals surface area contributed by atoms with Crippen LogP contribution in [0.3, 0.4) is 0 Å². The lowest BCUT2D eigenvalue weighted by Crippen LogP contribution is -2.48. The van der Waals surface area contributed by atoms with Crippen molar-refractivity contribution in [2.75, 3.05) is 20.3 Å². The van der Waals surface area contributed by atoms with Crippen LogP contribution in [0.1, 0.15) is 46.1 Å². The first-order chi connectivity index (χ1) is 16.9.